The van der Waals surface area contributed by atoms with Crippen molar-refractivity contribution in [3.8, 4) is 11.5 Å². The molecule has 2 atom stereocenters. The molecule has 5 heteroatoms. The van der Waals surface area contributed by atoms with Crippen LogP contribution in [-0.2, 0) is 11.3 Å². The molecule has 0 spiro atoms. The fourth-order valence-corrected chi connectivity index (χ4v) is 3.48. The van der Waals surface area contributed by atoms with Crippen LogP contribution in [0.25, 0.3) is 0 Å². The number of hydrogen-bond donors (Lipinski definition) is 0. The third-order valence-corrected chi connectivity index (χ3v) is 5.04. The lowest BCUT2D eigenvalue weighted by Crippen LogP contribution is -2.20. The monoisotopic (exact) mass is 376 g/mol. The number of benzene rings is 2. The molecule has 1 aliphatic heterocycles. The molecule has 3 rings (SSSR count). The molecule has 2 aromatic carbocycles. The minimum atomic E-state index is -1.04. The SMILES string of the molecule is CCCC1CCC(c2ccc(COc3ccc(OC)c(F)c3F)cc2)OC1. The summed E-state index contributed by atoms with van der Waals surface area (Å²) in [6, 6.07) is 10.6. The molecule has 1 saturated heterocycles. The Morgan fingerprint density at radius 1 is 1.00 bits per heavy atom. The van der Waals surface area contributed by atoms with Crippen LogP contribution in [0.2, 0.25) is 0 Å². The lowest BCUT2D eigenvalue weighted by atomic mass is 9.91. The van der Waals surface area contributed by atoms with Gasteiger partial charge in [0.25, 0.3) is 0 Å². The van der Waals surface area contributed by atoms with Crippen molar-refractivity contribution in [1.29, 1.82) is 0 Å². The zero-order valence-corrected chi connectivity index (χ0v) is 15.8. The summed E-state index contributed by atoms with van der Waals surface area (Å²) in [7, 11) is 1.29. The highest BCUT2D eigenvalue weighted by atomic mass is 19.2. The van der Waals surface area contributed by atoms with Crippen LogP contribution in [0, 0.1) is 17.6 Å². The van der Waals surface area contributed by atoms with Gasteiger partial charge in [-0.05, 0) is 48.4 Å². The number of methoxy groups -OCH3 is 1. The molecule has 0 saturated carbocycles. The molecular weight excluding hydrogens is 350 g/mol. The summed E-state index contributed by atoms with van der Waals surface area (Å²) in [5.74, 6) is -1.67. The molecule has 1 aliphatic rings. The zero-order valence-electron chi connectivity index (χ0n) is 15.8. The number of hydrogen-bond acceptors (Lipinski definition) is 3. The van der Waals surface area contributed by atoms with Crippen LogP contribution in [-0.4, -0.2) is 13.7 Å². The van der Waals surface area contributed by atoms with Crippen LogP contribution in [0.15, 0.2) is 36.4 Å². The Morgan fingerprint density at radius 2 is 1.70 bits per heavy atom. The Labute approximate surface area is 159 Å². The summed E-state index contributed by atoms with van der Waals surface area (Å²) in [6.45, 7) is 3.19. The summed E-state index contributed by atoms with van der Waals surface area (Å²) in [5.41, 5.74) is 2.03. The van der Waals surface area contributed by atoms with Gasteiger partial charge in [-0.3, -0.25) is 0 Å². The van der Waals surface area contributed by atoms with E-state index in [4.69, 9.17) is 14.2 Å². The summed E-state index contributed by atoms with van der Waals surface area (Å²) < 4.78 is 43.9. The number of rotatable bonds is 7. The van der Waals surface area contributed by atoms with Gasteiger partial charge in [0.2, 0.25) is 11.6 Å². The summed E-state index contributed by atoms with van der Waals surface area (Å²) in [5, 5.41) is 0. The average molecular weight is 376 g/mol. The van der Waals surface area contributed by atoms with Gasteiger partial charge in [-0.15, -0.1) is 0 Å². The van der Waals surface area contributed by atoms with Gasteiger partial charge in [0.05, 0.1) is 19.8 Å². The normalized spacial score (nSPS) is 19.7. The second-order valence-corrected chi connectivity index (χ2v) is 6.98. The standard InChI is InChI=1S/C22H26F2O3/c1-3-4-15-7-10-18(26-13-15)17-8-5-16(6-9-17)14-27-20-12-11-19(25-2)21(23)22(20)24/h5-6,8-9,11-12,15,18H,3-4,7,10,13-14H2,1-2H3. The molecule has 2 aromatic rings. The Kier molecular flexibility index (Phi) is 6.67. The minimum absolute atomic E-state index is 0.130. The van der Waals surface area contributed by atoms with Crippen molar-refractivity contribution < 1.29 is 23.0 Å². The maximum atomic E-state index is 13.9. The average Bonchev–Trinajstić information content (AvgIpc) is 2.70. The molecule has 1 fully saturated rings. The van der Waals surface area contributed by atoms with E-state index in [0.29, 0.717) is 5.92 Å². The van der Waals surface area contributed by atoms with E-state index >= 15 is 0 Å². The molecule has 1 heterocycles. The first-order valence-corrected chi connectivity index (χ1v) is 9.47. The molecular formula is C22H26F2O3. The van der Waals surface area contributed by atoms with Crippen molar-refractivity contribution in [2.24, 2.45) is 5.92 Å². The van der Waals surface area contributed by atoms with E-state index in [1.165, 1.54) is 38.5 Å². The fraction of sp³-hybridized carbons (Fsp3) is 0.455. The lowest BCUT2D eigenvalue weighted by molar-refractivity contribution is -0.0194. The van der Waals surface area contributed by atoms with Crippen molar-refractivity contribution in [2.45, 2.75) is 45.3 Å². The highest BCUT2D eigenvalue weighted by molar-refractivity contribution is 5.35. The van der Waals surface area contributed by atoms with E-state index in [-0.39, 0.29) is 24.2 Å². The van der Waals surface area contributed by atoms with Crippen molar-refractivity contribution in [3.05, 3.63) is 59.2 Å². The van der Waals surface area contributed by atoms with E-state index in [0.717, 1.165) is 24.2 Å². The molecule has 0 amide bonds. The quantitative estimate of drug-likeness (QED) is 0.609. The molecule has 3 nitrogen and oxygen atoms in total. The van der Waals surface area contributed by atoms with Gasteiger partial charge >= 0.3 is 0 Å². The molecule has 27 heavy (non-hydrogen) atoms. The second kappa shape index (κ2) is 9.18. The maximum Gasteiger partial charge on any atom is 0.204 e. The van der Waals surface area contributed by atoms with Gasteiger partial charge in [-0.25, -0.2) is 0 Å². The van der Waals surface area contributed by atoms with Crippen LogP contribution in [0.5, 0.6) is 11.5 Å². The largest absolute Gasteiger partial charge is 0.494 e. The highest BCUT2D eigenvalue weighted by Gasteiger charge is 2.22. The van der Waals surface area contributed by atoms with Gasteiger partial charge in [0.1, 0.15) is 6.61 Å². The van der Waals surface area contributed by atoms with E-state index < -0.39 is 11.6 Å². The molecule has 2 unspecified atom stereocenters. The Hall–Kier alpha value is -2.14. The highest BCUT2D eigenvalue weighted by Crippen LogP contribution is 2.32. The van der Waals surface area contributed by atoms with Crippen LogP contribution in [0.1, 0.15) is 49.8 Å². The minimum Gasteiger partial charge on any atom is -0.494 e. The predicted octanol–water partition coefficient (Wildman–Crippen LogP) is 5.82. The van der Waals surface area contributed by atoms with E-state index in [1.807, 2.05) is 24.3 Å². The van der Waals surface area contributed by atoms with Crippen molar-refractivity contribution in [3.63, 3.8) is 0 Å². The van der Waals surface area contributed by atoms with Gasteiger partial charge in [0, 0.05) is 0 Å². The number of ether oxygens (including phenoxy) is 3. The fourth-order valence-electron chi connectivity index (χ4n) is 3.48. The first-order valence-electron chi connectivity index (χ1n) is 9.47. The maximum absolute atomic E-state index is 13.9. The molecule has 0 aromatic heterocycles. The van der Waals surface area contributed by atoms with Crippen LogP contribution in [0.3, 0.4) is 0 Å². The van der Waals surface area contributed by atoms with Crippen LogP contribution < -0.4 is 9.47 Å². The Bertz CT molecular complexity index is 738. The molecule has 0 aliphatic carbocycles. The number of halogens is 2. The Morgan fingerprint density at radius 3 is 2.33 bits per heavy atom. The molecule has 146 valence electrons. The predicted molar refractivity (Wildman–Crippen MR) is 100 cm³/mol. The van der Waals surface area contributed by atoms with Gasteiger partial charge in [-0.1, -0.05) is 37.6 Å². The molecule has 0 bridgehead atoms. The first kappa shape index (κ1) is 19.6. The Balaban J connectivity index is 1.56. The van der Waals surface area contributed by atoms with Gasteiger partial charge < -0.3 is 14.2 Å². The third kappa shape index (κ3) is 4.78. The van der Waals surface area contributed by atoms with Gasteiger partial charge in [-0.2, -0.15) is 8.78 Å². The lowest BCUT2D eigenvalue weighted by Gasteiger charge is -2.29. The summed E-state index contributed by atoms with van der Waals surface area (Å²) in [4.78, 5) is 0. The van der Waals surface area contributed by atoms with Crippen LogP contribution >= 0.6 is 0 Å². The first-order chi connectivity index (χ1) is 13.1. The van der Waals surface area contributed by atoms with Crippen molar-refractivity contribution in [2.75, 3.05) is 13.7 Å². The molecule has 0 radical (unpaired) electrons. The summed E-state index contributed by atoms with van der Waals surface area (Å²) in [6.07, 6.45) is 4.81. The topological polar surface area (TPSA) is 27.7 Å². The van der Waals surface area contributed by atoms with E-state index in [1.54, 1.807) is 0 Å². The second-order valence-electron chi connectivity index (χ2n) is 6.98. The van der Waals surface area contributed by atoms with E-state index in [2.05, 4.69) is 6.92 Å². The van der Waals surface area contributed by atoms with Crippen molar-refractivity contribution >= 4 is 0 Å². The summed E-state index contributed by atoms with van der Waals surface area (Å²) >= 11 is 0. The van der Waals surface area contributed by atoms with Crippen LogP contribution in [0.4, 0.5) is 8.78 Å². The van der Waals surface area contributed by atoms with Gasteiger partial charge in [0.15, 0.2) is 11.5 Å². The zero-order chi connectivity index (χ0) is 19.2. The van der Waals surface area contributed by atoms with E-state index in [9.17, 15) is 8.78 Å². The smallest absolute Gasteiger partial charge is 0.204 e. The van der Waals surface area contributed by atoms with Crippen molar-refractivity contribution in [1.82, 2.24) is 0 Å². The molecule has 0 N–H and O–H groups in total. The third-order valence-electron chi connectivity index (χ3n) is 5.04.